The second kappa shape index (κ2) is 11.5. The van der Waals surface area contributed by atoms with Gasteiger partial charge in [0.2, 0.25) is 0 Å². The molecule has 0 aromatic carbocycles. The third-order valence-electron chi connectivity index (χ3n) is 4.21. The van der Waals surface area contributed by atoms with Gasteiger partial charge in [-0.1, -0.05) is 13.8 Å². The average Bonchev–Trinajstić information content (AvgIpc) is 2.87. The van der Waals surface area contributed by atoms with Gasteiger partial charge in [0.25, 0.3) is 0 Å². The van der Waals surface area contributed by atoms with Gasteiger partial charge in [-0.2, -0.15) is 0 Å². The minimum absolute atomic E-state index is 0.841. The summed E-state index contributed by atoms with van der Waals surface area (Å²) < 4.78 is 3.26. The number of hydrogen-bond donors (Lipinski definition) is 1. The molecule has 0 aliphatic carbocycles. The normalized spacial score (nSPS) is 12.0. The zero-order valence-corrected chi connectivity index (χ0v) is 17.6. The summed E-state index contributed by atoms with van der Waals surface area (Å²) in [5, 5.41) is 3.40. The Hall–Kier alpha value is -1.01. The third-order valence-corrected chi connectivity index (χ3v) is 4.64. The summed E-state index contributed by atoms with van der Waals surface area (Å²) in [4.78, 5) is 9.44. The first-order chi connectivity index (χ1) is 11.5. The molecule has 0 amide bonds. The van der Waals surface area contributed by atoms with Crippen molar-refractivity contribution in [2.45, 2.75) is 40.2 Å². The molecule has 138 valence electrons. The van der Waals surface area contributed by atoms with Gasteiger partial charge in [0.1, 0.15) is 0 Å². The fourth-order valence-electron chi connectivity index (χ4n) is 2.68. The van der Waals surface area contributed by atoms with Crippen molar-refractivity contribution in [3.05, 3.63) is 22.4 Å². The smallest absolute Gasteiger partial charge is 0.194 e. The molecule has 0 spiro atoms. The van der Waals surface area contributed by atoms with Gasteiger partial charge in [-0.3, -0.25) is 4.99 Å². The predicted molar refractivity (Wildman–Crippen MR) is 108 cm³/mol. The Kier molecular flexibility index (Phi) is 10.1. The lowest BCUT2D eigenvalue weighted by Gasteiger charge is -2.22. The topological polar surface area (TPSA) is 35.8 Å². The molecule has 0 saturated carbocycles. The van der Waals surface area contributed by atoms with Gasteiger partial charge >= 0.3 is 0 Å². The molecule has 0 radical (unpaired) electrons. The summed E-state index contributed by atoms with van der Waals surface area (Å²) in [7, 11) is 4.17. The number of rotatable bonds is 10. The first-order valence-corrected chi connectivity index (χ1v) is 9.83. The Morgan fingerprint density at radius 3 is 2.50 bits per heavy atom. The molecule has 1 heterocycles. The molecule has 0 aliphatic heterocycles. The van der Waals surface area contributed by atoms with Crippen molar-refractivity contribution >= 4 is 21.9 Å². The van der Waals surface area contributed by atoms with Crippen molar-refractivity contribution in [3.8, 4) is 0 Å². The van der Waals surface area contributed by atoms with Crippen LogP contribution in [0.4, 0.5) is 0 Å². The maximum absolute atomic E-state index is 4.79. The maximum Gasteiger partial charge on any atom is 0.194 e. The summed E-state index contributed by atoms with van der Waals surface area (Å²) in [5.74, 6) is 0.984. The molecule has 1 aromatic rings. The van der Waals surface area contributed by atoms with Crippen LogP contribution in [0.1, 0.15) is 39.3 Å². The van der Waals surface area contributed by atoms with Gasteiger partial charge in [0.15, 0.2) is 5.96 Å². The molecule has 0 unspecified atom stereocenters. The molecular formula is C18H34BrN5. The van der Waals surface area contributed by atoms with Crippen molar-refractivity contribution in [2.24, 2.45) is 12.0 Å². The summed E-state index contributed by atoms with van der Waals surface area (Å²) >= 11 is 3.53. The van der Waals surface area contributed by atoms with E-state index in [1.54, 1.807) is 0 Å². The van der Waals surface area contributed by atoms with Crippen LogP contribution in [0.2, 0.25) is 0 Å². The standard InChI is InChI=1S/C18H34BrN5/c1-6-20-18(21-11-9-10-12-24(7-2)8-3)23(5)15-17-13-16(19)14-22(17)4/h13-14H,6-12,15H2,1-5H3,(H,20,21). The minimum atomic E-state index is 0.841. The molecule has 1 N–H and O–H groups in total. The van der Waals surface area contributed by atoms with Crippen LogP contribution in [-0.2, 0) is 13.6 Å². The first kappa shape index (κ1) is 21.0. The Morgan fingerprint density at radius 2 is 1.96 bits per heavy atom. The Labute approximate surface area is 156 Å². The molecule has 24 heavy (non-hydrogen) atoms. The average molecular weight is 400 g/mol. The highest BCUT2D eigenvalue weighted by Crippen LogP contribution is 2.15. The van der Waals surface area contributed by atoms with E-state index in [-0.39, 0.29) is 0 Å². The molecule has 6 heteroatoms. The highest BCUT2D eigenvalue weighted by Gasteiger charge is 2.09. The second-order valence-electron chi connectivity index (χ2n) is 6.09. The number of aryl methyl sites for hydroxylation is 1. The quantitative estimate of drug-likeness (QED) is 0.372. The fraction of sp³-hybridized carbons (Fsp3) is 0.722. The van der Waals surface area contributed by atoms with Gasteiger partial charge in [0.05, 0.1) is 6.54 Å². The first-order valence-electron chi connectivity index (χ1n) is 9.04. The lowest BCUT2D eigenvalue weighted by Crippen LogP contribution is -2.38. The van der Waals surface area contributed by atoms with Crippen molar-refractivity contribution < 1.29 is 0 Å². The Bertz CT molecular complexity index is 494. The van der Waals surface area contributed by atoms with E-state index >= 15 is 0 Å². The molecular weight excluding hydrogens is 366 g/mol. The predicted octanol–water partition coefficient (Wildman–Crippen LogP) is 3.31. The van der Waals surface area contributed by atoms with E-state index in [4.69, 9.17) is 4.99 Å². The molecule has 0 aliphatic rings. The van der Waals surface area contributed by atoms with E-state index in [0.29, 0.717) is 0 Å². The molecule has 0 fully saturated rings. The number of aliphatic imine (C=N–C) groups is 1. The zero-order valence-electron chi connectivity index (χ0n) is 16.0. The molecule has 1 rings (SSSR count). The van der Waals surface area contributed by atoms with Crippen LogP contribution >= 0.6 is 15.9 Å². The largest absolute Gasteiger partial charge is 0.357 e. The molecule has 1 aromatic heterocycles. The summed E-state index contributed by atoms with van der Waals surface area (Å²) in [6.45, 7) is 12.6. The highest BCUT2D eigenvalue weighted by molar-refractivity contribution is 9.10. The van der Waals surface area contributed by atoms with Crippen LogP contribution in [0, 0.1) is 0 Å². The minimum Gasteiger partial charge on any atom is -0.357 e. The van der Waals surface area contributed by atoms with Crippen LogP contribution < -0.4 is 5.32 Å². The molecule has 5 nitrogen and oxygen atoms in total. The van der Waals surface area contributed by atoms with E-state index in [9.17, 15) is 0 Å². The summed E-state index contributed by atoms with van der Waals surface area (Å²) in [5.41, 5.74) is 1.26. The number of hydrogen-bond acceptors (Lipinski definition) is 2. The maximum atomic E-state index is 4.79. The van der Waals surface area contributed by atoms with Crippen molar-refractivity contribution in [2.75, 3.05) is 39.8 Å². The second-order valence-corrected chi connectivity index (χ2v) is 7.00. The number of aromatic nitrogens is 1. The van der Waals surface area contributed by atoms with E-state index in [1.807, 2.05) is 0 Å². The summed E-state index contributed by atoms with van der Waals surface area (Å²) in [6.07, 6.45) is 4.43. The number of guanidine groups is 1. The van der Waals surface area contributed by atoms with Crippen LogP contribution in [0.25, 0.3) is 0 Å². The van der Waals surface area contributed by atoms with E-state index in [1.165, 1.54) is 18.7 Å². The Morgan fingerprint density at radius 1 is 1.25 bits per heavy atom. The molecule has 0 bridgehead atoms. The van der Waals surface area contributed by atoms with Crippen LogP contribution in [0.3, 0.4) is 0 Å². The number of unbranched alkanes of at least 4 members (excludes halogenated alkanes) is 1. The molecule has 0 atom stereocenters. The molecule has 0 saturated heterocycles. The van der Waals surface area contributed by atoms with Gasteiger partial charge in [-0.05, 0) is 61.4 Å². The van der Waals surface area contributed by atoms with E-state index in [2.05, 4.69) is 82.7 Å². The van der Waals surface area contributed by atoms with Crippen LogP contribution in [0.15, 0.2) is 21.7 Å². The van der Waals surface area contributed by atoms with Gasteiger partial charge < -0.3 is 19.7 Å². The SMILES string of the molecule is CCNC(=NCCCCN(CC)CC)N(C)Cc1cc(Br)cn1C. The summed E-state index contributed by atoms with van der Waals surface area (Å²) in [6, 6.07) is 2.16. The van der Waals surface area contributed by atoms with Gasteiger partial charge in [0, 0.05) is 43.5 Å². The number of nitrogens with zero attached hydrogens (tertiary/aromatic N) is 4. The monoisotopic (exact) mass is 399 g/mol. The van der Waals surface area contributed by atoms with Crippen molar-refractivity contribution in [3.63, 3.8) is 0 Å². The van der Waals surface area contributed by atoms with Crippen molar-refractivity contribution in [1.82, 2.24) is 19.7 Å². The van der Waals surface area contributed by atoms with Crippen molar-refractivity contribution in [1.29, 1.82) is 0 Å². The van der Waals surface area contributed by atoms with Gasteiger partial charge in [-0.15, -0.1) is 0 Å². The zero-order chi connectivity index (χ0) is 17.9. The lowest BCUT2D eigenvalue weighted by molar-refractivity contribution is 0.297. The highest BCUT2D eigenvalue weighted by atomic mass is 79.9. The van der Waals surface area contributed by atoms with Crippen LogP contribution in [0.5, 0.6) is 0 Å². The lowest BCUT2D eigenvalue weighted by atomic mass is 10.3. The number of nitrogens with one attached hydrogen (secondary N) is 1. The number of halogens is 1. The Balaban J connectivity index is 2.50. The van der Waals surface area contributed by atoms with Crippen LogP contribution in [-0.4, -0.2) is 60.1 Å². The van der Waals surface area contributed by atoms with E-state index in [0.717, 1.165) is 49.6 Å². The third kappa shape index (κ3) is 7.26. The fourth-order valence-corrected chi connectivity index (χ4v) is 3.25. The van der Waals surface area contributed by atoms with E-state index < -0.39 is 0 Å². The van der Waals surface area contributed by atoms with Gasteiger partial charge in [-0.25, -0.2) is 0 Å².